The molecule has 0 aliphatic carbocycles. The average molecular weight is 407 g/mol. The van der Waals surface area contributed by atoms with Crippen LogP contribution in [0.5, 0.6) is 5.75 Å². The fourth-order valence-corrected chi connectivity index (χ4v) is 4.90. The Morgan fingerprint density at radius 2 is 1.63 bits per heavy atom. The monoisotopic (exact) mass is 406 g/mol. The van der Waals surface area contributed by atoms with Gasteiger partial charge in [0.05, 0.1) is 16.7 Å². The Hall–Kier alpha value is -2.80. The molecular formula is C23H30N6O. The first kappa shape index (κ1) is 20.5. The van der Waals surface area contributed by atoms with Crippen molar-refractivity contribution < 1.29 is 5.11 Å². The van der Waals surface area contributed by atoms with Crippen molar-refractivity contribution in [2.45, 2.75) is 65.0 Å². The Morgan fingerprint density at radius 1 is 0.933 bits per heavy atom. The van der Waals surface area contributed by atoms with Gasteiger partial charge in [-0.2, -0.15) is 0 Å². The molecule has 0 radical (unpaired) electrons. The lowest BCUT2D eigenvalue weighted by Crippen LogP contribution is -2.64. The molecule has 1 saturated heterocycles. The van der Waals surface area contributed by atoms with Crippen LogP contribution in [0.2, 0.25) is 0 Å². The van der Waals surface area contributed by atoms with Gasteiger partial charge in [0.2, 0.25) is 0 Å². The topological polar surface area (TPSA) is 78.3 Å². The smallest absolute Gasteiger partial charge is 0.165 e. The highest BCUT2D eigenvalue weighted by Crippen LogP contribution is 2.40. The van der Waals surface area contributed by atoms with Gasteiger partial charge in [0, 0.05) is 24.2 Å². The molecule has 30 heavy (non-hydrogen) atoms. The van der Waals surface area contributed by atoms with Crippen molar-refractivity contribution in [3.8, 4) is 17.1 Å². The van der Waals surface area contributed by atoms with Crippen molar-refractivity contribution in [1.29, 1.82) is 0 Å². The van der Waals surface area contributed by atoms with E-state index in [1.165, 1.54) is 6.42 Å². The number of aryl methyl sites for hydroxylation is 1. The number of benzene rings is 1. The number of rotatable bonds is 3. The Kier molecular flexibility index (Phi) is 4.89. The summed E-state index contributed by atoms with van der Waals surface area (Å²) in [6, 6.07) is 8.93. The van der Waals surface area contributed by atoms with Crippen LogP contribution in [-0.4, -0.2) is 48.4 Å². The van der Waals surface area contributed by atoms with Crippen molar-refractivity contribution in [1.82, 2.24) is 25.2 Å². The van der Waals surface area contributed by atoms with Crippen molar-refractivity contribution in [2.24, 2.45) is 0 Å². The number of nitrogens with zero attached hydrogens (tertiary/aromatic N) is 6. The molecule has 1 N–H and O–H groups in total. The molecule has 1 aliphatic rings. The third kappa shape index (κ3) is 3.58. The van der Waals surface area contributed by atoms with Gasteiger partial charge in [0.15, 0.2) is 5.82 Å². The number of aromatic hydroxyl groups is 1. The van der Waals surface area contributed by atoms with Gasteiger partial charge in [-0.1, -0.05) is 0 Å². The normalized spacial score (nSPS) is 18.5. The quantitative estimate of drug-likeness (QED) is 0.686. The van der Waals surface area contributed by atoms with E-state index in [0.29, 0.717) is 22.4 Å². The van der Waals surface area contributed by atoms with Crippen molar-refractivity contribution in [3.63, 3.8) is 0 Å². The van der Waals surface area contributed by atoms with Gasteiger partial charge < -0.3 is 5.11 Å². The number of hydrogen-bond donors (Lipinski definition) is 1. The highest BCUT2D eigenvalue weighted by molar-refractivity contribution is 5.79. The lowest BCUT2D eigenvalue weighted by molar-refractivity contribution is -0.0332. The van der Waals surface area contributed by atoms with E-state index in [4.69, 9.17) is 4.98 Å². The molecule has 0 saturated carbocycles. The van der Waals surface area contributed by atoms with E-state index in [9.17, 15) is 5.11 Å². The minimum atomic E-state index is 0.0445. The van der Waals surface area contributed by atoms with Crippen LogP contribution in [0.3, 0.4) is 0 Å². The van der Waals surface area contributed by atoms with Crippen LogP contribution < -0.4 is 5.01 Å². The number of fused-ring (bicyclic) bond motifs is 1. The SMILES string of the molecule is Cc1nc2cc(O)ccc2nc1-c1ccc(N(C)N2C(C)(C)CCCC2(C)C)nn1. The summed E-state index contributed by atoms with van der Waals surface area (Å²) >= 11 is 0. The third-order valence-corrected chi connectivity index (χ3v) is 6.07. The molecule has 0 atom stereocenters. The highest BCUT2D eigenvalue weighted by Gasteiger charge is 2.44. The largest absolute Gasteiger partial charge is 0.508 e. The van der Waals surface area contributed by atoms with Crippen molar-refractivity contribution in [2.75, 3.05) is 12.1 Å². The van der Waals surface area contributed by atoms with Gasteiger partial charge in [-0.05, 0) is 78.1 Å². The van der Waals surface area contributed by atoms with Gasteiger partial charge in [0.25, 0.3) is 0 Å². The number of hydrazine groups is 1. The van der Waals surface area contributed by atoms with E-state index in [1.807, 2.05) is 19.1 Å². The molecule has 0 bridgehead atoms. The summed E-state index contributed by atoms with van der Waals surface area (Å²) in [5.41, 5.74) is 3.61. The summed E-state index contributed by atoms with van der Waals surface area (Å²) in [7, 11) is 2.06. The molecule has 1 fully saturated rings. The average Bonchev–Trinajstić information content (AvgIpc) is 2.66. The Labute approximate surface area is 177 Å². The Balaban J connectivity index is 1.67. The first-order chi connectivity index (χ1) is 14.1. The number of hydrogen-bond acceptors (Lipinski definition) is 7. The van der Waals surface area contributed by atoms with Gasteiger partial charge in [-0.3, -0.25) is 5.01 Å². The summed E-state index contributed by atoms with van der Waals surface area (Å²) in [5.74, 6) is 0.984. The number of piperidine rings is 1. The van der Waals surface area contributed by atoms with E-state index in [2.05, 4.69) is 59.9 Å². The number of anilines is 1. The highest BCUT2D eigenvalue weighted by atomic mass is 16.3. The van der Waals surface area contributed by atoms with Crippen LogP contribution in [0.1, 0.15) is 52.7 Å². The molecule has 0 amide bonds. The van der Waals surface area contributed by atoms with Crippen LogP contribution in [0.25, 0.3) is 22.4 Å². The molecule has 2 aromatic heterocycles. The summed E-state index contributed by atoms with van der Waals surface area (Å²) in [6.07, 6.45) is 3.52. The second-order valence-corrected chi connectivity index (χ2v) is 9.42. The third-order valence-electron chi connectivity index (χ3n) is 6.07. The maximum absolute atomic E-state index is 9.67. The lowest BCUT2D eigenvalue weighted by atomic mass is 9.81. The number of phenolic OH excluding ortho intramolecular Hbond substituents is 1. The maximum Gasteiger partial charge on any atom is 0.165 e. The standard InChI is InChI=1S/C23H30N6O/c1-15-21(25-17-9-8-16(30)14-19(17)24-15)18-10-11-20(27-26-18)28(6)29-22(2,3)12-7-13-23(29,4)5/h8-11,14,30H,7,12-13H2,1-6H3. The summed E-state index contributed by atoms with van der Waals surface area (Å²) < 4.78 is 0. The second-order valence-electron chi connectivity index (χ2n) is 9.42. The summed E-state index contributed by atoms with van der Waals surface area (Å²) in [4.78, 5) is 9.27. The van der Waals surface area contributed by atoms with Crippen LogP contribution in [-0.2, 0) is 0 Å². The zero-order valence-electron chi connectivity index (χ0n) is 18.6. The van der Waals surface area contributed by atoms with E-state index < -0.39 is 0 Å². The number of phenols is 1. The summed E-state index contributed by atoms with van der Waals surface area (Å²) in [6.45, 7) is 11.1. The Morgan fingerprint density at radius 3 is 2.27 bits per heavy atom. The van der Waals surface area contributed by atoms with Crippen LogP contribution >= 0.6 is 0 Å². The van der Waals surface area contributed by atoms with E-state index in [0.717, 1.165) is 24.4 Å². The maximum atomic E-state index is 9.67. The first-order valence-electron chi connectivity index (χ1n) is 10.4. The van der Waals surface area contributed by atoms with Crippen LogP contribution in [0, 0.1) is 6.92 Å². The predicted octanol–water partition coefficient (Wildman–Crippen LogP) is 4.50. The minimum absolute atomic E-state index is 0.0445. The molecule has 3 aromatic rings. The van der Waals surface area contributed by atoms with Crippen molar-refractivity contribution in [3.05, 3.63) is 36.0 Å². The molecule has 158 valence electrons. The Bertz CT molecular complexity index is 1060. The van der Waals surface area contributed by atoms with Crippen LogP contribution in [0.4, 0.5) is 5.82 Å². The zero-order valence-corrected chi connectivity index (χ0v) is 18.6. The second kappa shape index (κ2) is 7.16. The zero-order chi connectivity index (χ0) is 21.7. The van der Waals surface area contributed by atoms with Gasteiger partial charge in [-0.15, -0.1) is 10.2 Å². The summed E-state index contributed by atoms with van der Waals surface area (Å²) in [5, 5.41) is 23.2. The lowest BCUT2D eigenvalue weighted by Gasteiger charge is -2.56. The van der Waals surface area contributed by atoms with Gasteiger partial charge in [0.1, 0.15) is 17.1 Å². The molecule has 7 nitrogen and oxygen atoms in total. The molecule has 1 aromatic carbocycles. The predicted molar refractivity (Wildman–Crippen MR) is 119 cm³/mol. The number of aromatic nitrogens is 4. The van der Waals surface area contributed by atoms with Crippen molar-refractivity contribution >= 4 is 16.9 Å². The van der Waals surface area contributed by atoms with Gasteiger partial charge in [-0.25, -0.2) is 15.0 Å². The fraction of sp³-hybridized carbons (Fsp3) is 0.478. The molecule has 0 spiro atoms. The first-order valence-corrected chi connectivity index (χ1v) is 10.4. The van der Waals surface area contributed by atoms with E-state index >= 15 is 0 Å². The van der Waals surface area contributed by atoms with E-state index in [1.54, 1.807) is 18.2 Å². The fourth-order valence-electron chi connectivity index (χ4n) is 4.90. The van der Waals surface area contributed by atoms with Crippen LogP contribution in [0.15, 0.2) is 30.3 Å². The molecule has 0 unspecified atom stereocenters. The molecular weight excluding hydrogens is 376 g/mol. The minimum Gasteiger partial charge on any atom is -0.508 e. The molecule has 3 heterocycles. The molecule has 1 aliphatic heterocycles. The van der Waals surface area contributed by atoms with E-state index in [-0.39, 0.29) is 16.8 Å². The molecule has 4 rings (SSSR count). The van der Waals surface area contributed by atoms with Gasteiger partial charge >= 0.3 is 0 Å². The molecule has 7 heteroatoms.